The predicted octanol–water partition coefficient (Wildman–Crippen LogP) is 5.79. The maximum absolute atomic E-state index is 12.7. The first-order valence-corrected chi connectivity index (χ1v) is 11.9. The molecular formula is C27H25BrN2O5. The van der Waals surface area contributed by atoms with Gasteiger partial charge in [0.2, 0.25) is 5.91 Å². The maximum atomic E-state index is 12.7. The van der Waals surface area contributed by atoms with Crippen LogP contribution >= 0.6 is 15.9 Å². The second-order valence-electron chi connectivity index (χ2n) is 9.03. The smallest absolute Gasteiger partial charge is 0.407 e. The van der Waals surface area contributed by atoms with Gasteiger partial charge >= 0.3 is 12.1 Å². The maximum Gasteiger partial charge on any atom is 0.407 e. The molecule has 2 amide bonds. The van der Waals surface area contributed by atoms with E-state index in [9.17, 15) is 19.5 Å². The number of carbonyl (C=O) groups is 3. The van der Waals surface area contributed by atoms with Gasteiger partial charge in [0.1, 0.15) is 6.61 Å². The predicted molar refractivity (Wildman–Crippen MR) is 137 cm³/mol. The van der Waals surface area contributed by atoms with Crippen molar-refractivity contribution in [2.45, 2.75) is 31.7 Å². The van der Waals surface area contributed by atoms with Gasteiger partial charge in [0.25, 0.3) is 0 Å². The van der Waals surface area contributed by atoms with Crippen molar-refractivity contribution in [3.63, 3.8) is 0 Å². The lowest BCUT2D eigenvalue weighted by Crippen LogP contribution is -2.46. The van der Waals surface area contributed by atoms with E-state index in [0.717, 1.165) is 22.3 Å². The molecule has 0 fully saturated rings. The Hall–Kier alpha value is -3.65. The minimum Gasteiger partial charge on any atom is -0.478 e. The van der Waals surface area contributed by atoms with Crippen molar-refractivity contribution >= 4 is 39.6 Å². The molecule has 0 radical (unpaired) electrons. The first kappa shape index (κ1) is 24.5. The Kier molecular flexibility index (Phi) is 6.93. The highest BCUT2D eigenvalue weighted by Gasteiger charge is 2.30. The van der Waals surface area contributed by atoms with E-state index in [1.165, 1.54) is 6.07 Å². The first-order chi connectivity index (χ1) is 16.7. The normalized spacial score (nSPS) is 12.4. The van der Waals surface area contributed by atoms with Crippen molar-refractivity contribution in [1.29, 1.82) is 0 Å². The van der Waals surface area contributed by atoms with E-state index in [2.05, 4.69) is 38.7 Å². The largest absolute Gasteiger partial charge is 0.478 e. The van der Waals surface area contributed by atoms with E-state index in [1.54, 1.807) is 26.0 Å². The van der Waals surface area contributed by atoms with Crippen LogP contribution in [0.4, 0.5) is 10.5 Å². The number of aromatic carboxylic acids is 1. The third-order valence-corrected chi connectivity index (χ3v) is 6.56. The average molecular weight is 537 g/mol. The van der Waals surface area contributed by atoms with Gasteiger partial charge in [-0.1, -0.05) is 54.6 Å². The number of amides is 2. The monoisotopic (exact) mass is 536 g/mol. The summed E-state index contributed by atoms with van der Waals surface area (Å²) in [5.74, 6) is -1.66. The SMILES string of the molecule is CC(C)(CC(=O)Nc1c(Br)cccc1C(=O)O)NC(=O)OCC1c2ccccc2-c2ccccc21. The van der Waals surface area contributed by atoms with Crippen LogP contribution in [0.3, 0.4) is 0 Å². The van der Waals surface area contributed by atoms with Crippen LogP contribution in [0.5, 0.6) is 0 Å². The van der Waals surface area contributed by atoms with Crippen molar-refractivity contribution in [2.24, 2.45) is 0 Å². The molecule has 0 bridgehead atoms. The van der Waals surface area contributed by atoms with Gasteiger partial charge in [-0.25, -0.2) is 9.59 Å². The average Bonchev–Trinajstić information content (AvgIpc) is 3.12. The molecule has 0 spiro atoms. The van der Waals surface area contributed by atoms with Crippen molar-refractivity contribution < 1.29 is 24.2 Å². The van der Waals surface area contributed by atoms with Gasteiger partial charge in [0, 0.05) is 22.4 Å². The second-order valence-corrected chi connectivity index (χ2v) is 9.88. The molecule has 35 heavy (non-hydrogen) atoms. The number of carbonyl (C=O) groups excluding carboxylic acids is 2. The Morgan fingerprint density at radius 3 is 2.14 bits per heavy atom. The fourth-order valence-corrected chi connectivity index (χ4v) is 4.83. The lowest BCUT2D eigenvalue weighted by atomic mass is 9.98. The van der Waals surface area contributed by atoms with Gasteiger partial charge in [-0.2, -0.15) is 0 Å². The molecule has 3 aromatic rings. The third kappa shape index (κ3) is 5.38. The Morgan fingerprint density at radius 1 is 0.943 bits per heavy atom. The van der Waals surface area contributed by atoms with Crippen molar-refractivity contribution in [3.05, 3.63) is 87.9 Å². The molecule has 0 aliphatic heterocycles. The number of para-hydroxylation sites is 1. The zero-order valence-corrected chi connectivity index (χ0v) is 20.9. The van der Waals surface area contributed by atoms with Crippen LogP contribution in [0, 0.1) is 0 Å². The summed E-state index contributed by atoms with van der Waals surface area (Å²) in [4.78, 5) is 36.8. The molecule has 4 rings (SSSR count). The number of anilines is 1. The molecular weight excluding hydrogens is 512 g/mol. The van der Waals surface area contributed by atoms with E-state index < -0.39 is 23.5 Å². The van der Waals surface area contributed by atoms with Crippen LogP contribution in [0.25, 0.3) is 11.1 Å². The number of benzene rings is 3. The Morgan fingerprint density at radius 2 is 1.54 bits per heavy atom. The zero-order valence-electron chi connectivity index (χ0n) is 19.3. The minimum absolute atomic E-state index is 0.0324. The van der Waals surface area contributed by atoms with Gasteiger partial charge in [-0.3, -0.25) is 4.79 Å². The fraction of sp³-hybridized carbons (Fsp3) is 0.222. The zero-order chi connectivity index (χ0) is 25.2. The summed E-state index contributed by atoms with van der Waals surface area (Å²) in [5.41, 5.74) is 3.71. The molecule has 180 valence electrons. The molecule has 1 aliphatic carbocycles. The Balaban J connectivity index is 1.37. The summed E-state index contributed by atoms with van der Waals surface area (Å²) in [6, 6.07) is 20.8. The quantitative estimate of drug-likeness (QED) is 0.354. The summed E-state index contributed by atoms with van der Waals surface area (Å²) in [6.45, 7) is 3.57. The lowest BCUT2D eigenvalue weighted by molar-refractivity contribution is -0.117. The third-order valence-electron chi connectivity index (χ3n) is 5.90. The molecule has 8 heteroatoms. The number of alkyl carbamates (subject to hydrolysis) is 1. The number of carboxylic acids is 1. The lowest BCUT2D eigenvalue weighted by Gasteiger charge is -2.26. The van der Waals surface area contributed by atoms with Gasteiger partial charge in [-0.15, -0.1) is 0 Å². The molecule has 3 N–H and O–H groups in total. The molecule has 0 atom stereocenters. The number of nitrogens with one attached hydrogen (secondary N) is 2. The summed E-state index contributed by atoms with van der Waals surface area (Å²) in [6.07, 6.45) is -0.714. The number of fused-ring (bicyclic) bond motifs is 3. The summed E-state index contributed by atoms with van der Waals surface area (Å²) in [5, 5.41) is 14.8. The van der Waals surface area contributed by atoms with Gasteiger partial charge < -0.3 is 20.5 Å². The minimum atomic E-state index is -1.15. The van der Waals surface area contributed by atoms with Crippen LogP contribution < -0.4 is 10.6 Å². The van der Waals surface area contributed by atoms with Crippen LogP contribution in [-0.2, 0) is 9.53 Å². The molecule has 1 aliphatic rings. The molecule has 0 saturated heterocycles. The van der Waals surface area contributed by atoms with Gasteiger partial charge in [0.15, 0.2) is 0 Å². The Labute approximate surface area is 211 Å². The highest BCUT2D eigenvalue weighted by Crippen LogP contribution is 2.44. The van der Waals surface area contributed by atoms with Crippen LogP contribution in [0.2, 0.25) is 0 Å². The molecule has 0 saturated carbocycles. The second kappa shape index (κ2) is 9.92. The molecule has 0 unspecified atom stereocenters. The van der Waals surface area contributed by atoms with E-state index in [-0.39, 0.29) is 30.2 Å². The van der Waals surface area contributed by atoms with Crippen molar-refractivity contribution in [2.75, 3.05) is 11.9 Å². The summed E-state index contributed by atoms with van der Waals surface area (Å²) >= 11 is 3.27. The number of hydrogen-bond donors (Lipinski definition) is 3. The fourth-order valence-electron chi connectivity index (χ4n) is 4.37. The highest BCUT2D eigenvalue weighted by atomic mass is 79.9. The molecule has 7 nitrogen and oxygen atoms in total. The van der Waals surface area contributed by atoms with E-state index in [4.69, 9.17) is 4.74 Å². The first-order valence-electron chi connectivity index (χ1n) is 11.1. The highest BCUT2D eigenvalue weighted by molar-refractivity contribution is 9.10. The van der Waals surface area contributed by atoms with Crippen molar-refractivity contribution in [3.8, 4) is 11.1 Å². The Bertz CT molecular complexity index is 1260. The van der Waals surface area contributed by atoms with Crippen LogP contribution in [0.15, 0.2) is 71.2 Å². The van der Waals surface area contributed by atoms with E-state index in [1.807, 2.05) is 36.4 Å². The van der Waals surface area contributed by atoms with Crippen LogP contribution in [0.1, 0.15) is 47.7 Å². The van der Waals surface area contributed by atoms with Crippen molar-refractivity contribution in [1.82, 2.24) is 5.32 Å². The topological polar surface area (TPSA) is 105 Å². The summed E-state index contributed by atoms with van der Waals surface area (Å²) < 4.78 is 6.03. The standard InChI is InChI=1S/C27H25BrN2O5/c1-27(2,14-23(31)29-24-20(25(32)33)12-7-13-22(24)28)30-26(34)35-15-21-18-10-5-3-8-16(18)17-9-4-6-11-19(17)21/h3-13,21H,14-15H2,1-2H3,(H,29,31)(H,30,34)(H,32,33). The van der Waals surface area contributed by atoms with Gasteiger partial charge in [0.05, 0.1) is 11.3 Å². The summed E-state index contributed by atoms with van der Waals surface area (Å²) in [7, 11) is 0. The number of carboxylic acid groups (broad SMARTS) is 1. The number of ether oxygens (including phenoxy) is 1. The number of hydrogen-bond acceptors (Lipinski definition) is 4. The van der Waals surface area contributed by atoms with Gasteiger partial charge in [-0.05, 0) is 64.2 Å². The van der Waals surface area contributed by atoms with E-state index >= 15 is 0 Å². The molecule has 3 aromatic carbocycles. The molecule has 0 aromatic heterocycles. The number of halogens is 1. The van der Waals surface area contributed by atoms with E-state index in [0.29, 0.717) is 4.47 Å². The molecule has 0 heterocycles. The number of rotatable bonds is 7. The van der Waals surface area contributed by atoms with Crippen LogP contribution in [-0.4, -0.2) is 35.2 Å².